The van der Waals surface area contributed by atoms with Crippen molar-refractivity contribution in [2.45, 2.75) is 59.8 Å². The SMILES string of the molecule is C=C(C(=O)c1cccc(C)c1-c1ccc(C(C)C)cc1)c1ccc(CC(C)=O)cc1C(=O)CCC. The van der Waals surface area contributed by atoms with Crippen LogP contribution in [-0.2, 0) is 11.2 Å². The van der Waals surface area contributed by atoms with Crippen molar-refractivity contribution in [1.82, 2.24) is 0 Å². The first-order chi connectivity index (χ1) is 16.6. The molecule has 35 heavy (non-hydrogen) atoms. The van der Waals surface area contributed by atoms with Gasteiger partial charge in [0.25, 0.3) is 0 Å². The zero-order chi connectivity index (χ0) is 25.7. The molecule has 3 rings (SSSR count). The number of allylic oxidation sites excluding steroid dienone is 1. The van der Waals surface area contributed by atoms with Crippen molar-refractivity contribution in [2.75, 3.05) is 0 Å². The normalized spacial score (nSPS) is 10.9. The lowest BCUT2D eigenvalue weighted by Gasteiger charge is -2.16. The van der Waals surface area contributed by atoms with Crippen LogP contribution in [0.1, 0.15) is 89.4 Å². The monoisotopic (exact) mass is 466 g/mol. The molecule has 3 heteroatoms. The van der Waals surface area contributed by atoms with E-state index in [4.69, 9.17) is 0 Å². The summed E-state index contributed by atoms with van der Waals surface area (Å²) in [5, 5.41) is 0. The van der Waals surface area contributed by atoms with Crippen LogP contribution in [0.15, 0.2) is 67.2 Å². The highest BCUT2D eigenvalue weighted by Gasteiger charge is 2.22. The third-order valence-electron chi connectivity index (χ3n) is 6.30. The first kappa shape index (κ1) is 26.0. The molecule has 3 aromatic rings. The molecular weight excluding hydrogens is 432 g/mol. The maximum absolute atomic E-state index is 13.8. The number of ketones is 3. The maximum atomic E-state index is 13.8. The Morgan fingerprint density at radius 2 is 1.57 bits per heavy atom. The number of rotatable bonds is 10. The van der Waals surface area contributed by atoms with E-state index in [1.54, 1.807) is 18.2 Å². The Kier molecular flexibility index (Phi) is 8.34. The fourth-order valence-corrected chi connectivity index (χ4v) is 4.40. The third-order valence-corrected chi connectivity index (χ3v) is 6.30. The summed E-state index contributed by atoms with van der Waals surface area (Å²) in [4.78, 5) is 38.4. The molecule has 0 aliphatic rings. The molecule has 0 aliphatic carbocycles. The molecule has 0 saturated carbocycles. The molecular formula is C32H34O3. The highest BCUT2D eigenvalue weighted by molar-refractivity contribution is 6.31. The molecule has 0 atom stereocenters. The highest BCUT2D eigenvalue weighted by atomic mass is 16.1. The van der Waals surface area contributed by atoms with Crippen molar-refractivity contribution in [3.63, 3.8) is 0 Å². The van der Waals surface area contributed by atoms with Gasteiger partial charge in [0.1, 0.15) is 5.78 Å². The van der Waals surface area contributed by atoms with E-state index in [0.717, 1.165) is 22.3 Å². The molecule has 0 aromatic heterocycles. The van der Waals surface area contributed by atoms with E-state index in [0.29, 0.717) is 35.4 Å². The molecule has 0 aliphatic heterocycles. The number of hydrogen-bond acceptors (Lipinski definition) is 3. The number of carbonyl (C=O) groups excluding carboxylic acids is 3. The van der Waals surface area contributed by atoms with Crippen LogP contribution in [0.4, 0.5) is 0 Å². The van der Waals surface area contributed by atoms with Crippen LogP contribution in [0.5, 0.6) is 0 Å². The highest BCUT2D eigenvalue weighted by Crippen LogP contribution is 2.33. The van der Waals surface area contributed by atoms with Gasteiger partial charge >= 0.3 is 0 Å². The largest absolute Gasteiger partial charge is 0.300 e. The number of Topliss-reactive ketones (excluding diaryl/α,β-unsaturated/α-hetero) is 3. The minimum absolute atomic E-state index is 0.0226. The predicted molar refractivity (Wildman–Crippen MR) is 144 cm³/mol. The Hall–Kier alpha value is -3.59. The summed E-state index contributed by atoms with van der Waals surface area (Å²) >= 11 is 0. The lowest BCUT2D eigenvalue weighted by molar-refractivity contribution is -0.116. The van der Waals surface area contributed by atoms with Crippen LogP contribution >= 0.6 is 0 Å². The second kappa shape index (κ2) is 11.2. The Labute approximate surface area is 208 Å². The average Bonchev–Trinajstić information content (AvgIpc) is 2.82. The Morgan fingerprint density at radius 3 is 2.17 bits per heavy atom. The molecule has 0 heterocycles. The maximum Gasteiger partial charge on any atom is 0.193 e. The second-order valence-corrected chi connectivity index (χ2v) is 9.51. The first-order valence-electron chi connectivity index (χ1n) is 12.2. The number of hydrogen-bond donors (Lipinski definition) is 0. The van der Waals surface area contributed by atoms with Crippen molar-refractivity contribution in [2.24, 2.45) is 0 Å². The van der Waals surface area contributed by atoms with Crippen molar-refractivity contribution < 1.29 is 14.4 Å². The Balaban J connectivity index is 2.07. The summed E-state index contributed by atoms with van der Waals surface area (Å²) in [6.45, 7) is 13.9. The van der Waals surface area contributed by atoms with Gasteiger partial charge in [-0.2, -0.15) is 0 Å². The molecule has 0 N–H and O–H groups in total. The van der Waals surface area contributed by atoms with Gasteiger partial charge in [-0.3, -0.25) is 14.4 Å². The zero-order valence-corrected chi connectivity index (χ0v) is 21.4. The van der Waals surface area contributed by atoms with E-state index in [1.165, 1.54) is 12.5 Å². The predicted octanol–water partition coefficient (Wildman–Crippen LogP) is 7.80. The van der Waals surface area contributed by atoms with Gasteiger partial charge in [0.15, 0.2) is 11.6 Å². The molecule has 0 amide bonds. The Bertz CT molecular complexity index is 1280. The quantitative estimate of drug-likeness (QED) is 0.226. The van der Waals surface area contributed by atoms with Crippen molar-refractivity contribution >= 4 is 22.9 Å². The van der Waals surface area contributed by atoms with Gasteiger partial charge in [-0.25, -0.2) is 0 Å². The van der Waals surface area contributed by atoms with Crippen molar-refractivity contribution in [1.29, 1.82) is 0 Å². The average molecular weight is 467 g/mol. The molecule has 0 unspecified atom stereocenters. The van der Waals surface area contributed by atoms with Crippen molar-refractivity contribution in [3.8, 4) is 11.1 Å². The lowest BCUT2D eigenvalue weighted by atomic mass is 9.86. The summed E-state index contributed by atoms with van der Waals surface area (Å²) in [5.41, 5.74) is 6.69. The molecule has 3 nitrogen and oxygen atoms in total. The van der Waals surface area contributed by atoms with Gasteiger partial charge in [0.05, 0.1) is 0 Å². The van der Waals surface area contributed by atoms with Gasteiger partial charge in [-0.05, 0) is 65.6 Å². The van der Waals surface area contributed by atoms with Gasteiger partial charge in [-0.15, -0.1) is 0 Å². The first-order valence-corrected chi connectivity index (χ1v) is 12.2. The van der Waals surface area contributed by atoms with Crippen LogP contribution in [0, 0.1) is 6.92 Å². The van der Waals surface area contributed by atoms with Gasteiger partial charge in [0.2, 0.25) is 0 Å². The molecule has 0 radical (unpaired) electrons. The van der Waals surface area contributed by atoms with E-state index in [2.05, 4.69) is 44.7 Å². The molecule has 0 spiro atoms. The van der Waals surface area contributed by atoms with Crippen LogP contribution in [0.25, 0.3) is 16.7 Å². The third kappa shape index (κ3) is 5.92. The number of carbonyl (C=O) groups is 3. The van der Waals surface area contributed by atoms with Crippen LogP contribution in [0.2, 0.25) is 0 Å². The summed E-state index contributed by atoms with van der Waals surface area (Å²) in [7, 11) is 0. The molecule has 0 bridgehead atoms. The molecule has 0 saturated heterocycles. The van der Waals surface area contributed by atoms with Gasteiger partial charge in [0, 0.05) is 29.5 Å². The smallest absolute Gasteiger partial charge is 0.193 e. The van der Waals surface area contributed by atoms with E-state index in [1.807, 2.05) is 32.0 Å². The molecule has 180 valence electrons. The topological polar surface area (TPSA) is 51.2 Å². The lowest BCUT2D eigenvalue weighted by Crippen LogP contribution is -2.11. The zero-order valence-electron chi connectivity index (χ0n) is 21.4. The minimum atomic E-state index is -0.207. The van der Waals surface area contributed by atoms with Crippen molar-refractivity contribution in [3.05, 3.63) is 101 Å². The van der Waals surface area contributed by atoms with Gasteiger partial charge < -0.3 is 0 Å². The van der Waals surface area contributed by atoms with Gasteiger partial charge in [-0.1, -0.05) is 81.9 Å². The van der Waals surface area contributed by atoms with E-state index in [9.17, 15) is 14.4 Å². The standard InChI is InChI=1S/C32H34O3/c1-7-9-30(34)29-19-24(18-22(5)33)12-17-27(29)23(6)32(35)28-11-8-10-21(4)31(28)26-15-13-25(14-16-26)20(2)3/h8,10-17,19-20H,6-7,9,18H2,1-5H3. The fraction of sp³-hybridized carbons (Fsp3) is 0.281. The van der Waals surface area contributed by atoms with E-state index < -0.39 is 0 Å². The number of benzene rings is 3. The van der Waals surface area contributed by atoms with Crippen LogP contribution in [0.3, 0.4) is 0 Å². The summed E-state index contributed by atoms with van der Waals surface area (Å²) in [5.74, 6) is 0.193. The molecule has 3 aromatic carbocycles. The molecule has 0 fully saturated rings. The minimum Gasteiger partial charge on any atom is -0.300 e. The fourth-order valence-electron chi connectivity index (χ4n) is 4.40. The summed E-state index contributed by atoms with van der Waals surface area (Å²) < 4.78 is 0. The van der Waals surface area contributed by atoms with E-state index in [-0.39, 0.29) is 29.3 Å². The number of aryl methyl sites for hydroxylation is 1. The van der Waals surface area contributed by atoms with Crippen LogP contribution < -0.4 is 0 Å². The summed E-state index contributed by atoms with van der Waals surface area (Å²) in [6, 6.07) is 19.3. The van der Waals surface area contributed by atoms with E-state index >= 15 is 0 Å². The summed E-state index contributed by atoms with van der Waals surface area (Å²) in [6.07, 6.45) is 1.32. The Morgan fingerprint density at radius 1 is 0.886 bits per heavy atom. The second-order valence-electron chi connectivity index (χ2n) is 9.51. The van der Waals surface area contributed by atoms with Crippen LogP contribution in [-0.4, -0.2) is 17.3 Å².